The van der Waals surface area contributed by atoms with E-state index in [-0.39, 0.29) is 26.1 Å². The van der Waals surface area contributed by atoms with Gasteiger partial charge in [0.05, 0.1) is 25.4 Å². The average molecular weight is 418 g/mol. The molecule has 0 heterocycles. The molecule has 0 amide bonds. The van der Waals surface area contributed by atoms with Gasteiger partial charge in [0.15, 0.2) is 0 Å². The second-order valence-corrected chi connectivity index (χ2v) is 7.73. The normalized spacial score (nSPS) is 13.4. The Kier molecular flexibility index (Phi) is 6.49. The van der Waals surface area contributed by atoms with Crippen LogP contribution < -0.4 is 4.74 Å². The summed E-state index contributed by atoms with van der Waals surface area (Å²) in [7, 11) is 0. The van der Waals surface area contributed by atoms with Crippen molar-refractivity contribution >= 4 is 21.5 Å². The quantitative estimate of drug-likeness (QED) is 0.351. The maximum Gasteiger partial charge on any atom is 0.138 e. The smallest absolute Gasteiger partial charge is 0.138 e. The second-order valence-electron chi connectivity index (χ2n) is 7.73. The number of fused-ring (bicyclic) bond motifs is 2. The Labute approximate surface area is 180 Å². The van der Waals surface area contributed by atoms with E-state index in [9.17, 15) is 20.4 Å². The van der Waals surface area contributed by atoms with Gasteiger partial charge in [-0.05, 0) is 21.9 Å². The lowest BCUT2D eigenvalue weighted by Crippen LogP contribution is -2.16. The number of benzene rings is 4. The van der Waals surface area contributed by atoms with Crippen LogP contribution >= 0.6 is 0 Å². The second kappa shape index (κ2) is 9.45. The minimum absolute atomic E-state index is 0.246. The number of ether oxygens (including phenoxy) is 1. The van der Waals surface area contributed by atoms with Gasteiger partial charge in [-0.2, -0.15) is 0 Å². The van der Waals surface area contributed by atoms with E-state index in [2.05, 4.69) is 0 Å². The Morgan fingerprint density at radius 1 is 0.581 bits per heavy atom. The number of rotatable bonds is 8. The Morgan fingerprint density at radius 3 is 1.42 bits per heavy atom. The van der Waals surface area contributed by atoms with E-state index in [0.29, 0.717) is 11.5 Å². The molecule has 0 saturated heterocycles. The first-order chi connectivity index (χ1) is 15.1. The van der Waals surface area contributed by atoms with Crippen molar-refractivity contribution in [1.29, 1.82) is 0 Å². The minimum atomic E-state index is -0.897. The topological polar surface area (TPSA) is 90.2 Å². The Morgan fingerprint density at radius 2 is 1.00 bits per heavy atom. The molecule has 2 unspecified atom stereocenters. The first-order valence-corrected chi connectivity index (χ1v) is 10.4. The van der Waals surface area contributed by atoms with E-state index in [1.165, 1.54) is 0 Å². The van der Waals surface area contributed by atoms with Gasteiger partial charge >= 0.3 is 0 Å². The third-order valence-electron chi connectivity index (χ3n) is 5.46. The van der Waals surface area contributed by atoms with Gasteiger partial charge in [-0.3, -0.25) is 0 Å². The van der Waals surface area contributed by atoms with Crippen molar-refractivity contribution in [3.8, 4) is 11.5 Å². The van der Waals surface area contributed by atoms with Gasteiger partial charge < -0.3 is 25.2 Å². The summed E-state index contributed by atoms with van der Waals surface area (Å²) in [5.74, 6) is 1.23. The van der Waals surface area contributed by atoms with Crippen molar-refractivity contribution < 1.29 is 25.2 Å². The third kappa shape index (κ3) is 4.55. The van der Waals surface area contributed by atoms with Gasteiger partial charge in [-0.25, -0.2) is 0 Å². The molecule has 5 heteroatoms. The number of hydrogen-bond acceptors (Lipinski definition) is 5. The van der Waals surface area contributed by atoms with Crippen LogP contribution in [0.4, 0.5) is 0 Å². The lowest BCUT2D eigenvalue weighted by molar-refractivity contribution is 0.0946. The molecule has 0 aliphatic rings. The highest BCUT2D eigenvalue weighted by Gasteiger charge is 2.18. The largest absolute Gasteiger partial charge is 0.455 e. The van der Waals surface area contributed by atoms with Crippen LogP contribution in [0, 0.1) is 0 Å². The summed E-state index contributed by atoms with van der Waals surface area (Å²) < 4.78 is 6.57. The highest BCUT2D eigenvalue weighted by atomic mass is 16.5. The standard InChI is InChI=1S/C26H26O5/c27-15-21(29)13-19-11-9-17-5-1-3-7-23(17)25(19)31-26-20(14-22(30)16-28)12-10-18-6-2-4-8-24(18)26/h1-12,21-22,27-30H,13-16H2. The van der Waals surface area contributed by atoms with Gasteiger partial charge in [0, 0.05) is 23.6 Å². The molecule has 160 valence electrons. The van der Waals surface area contributed by atoms with E-state index in [0.717, 1.165) is 32.7 Å². The van der Waals surface area contributed by atoms with Gasteiger partial charge in [0.1, 0.15) is 11.5 Å². The molecule has 0 bridgehead atoms. The van der Waals surface area contributed by atoms with Crippen LogP contribution in [-0.4, -0.2) is 45.8 Å². The molecule has 4 N–H and O–H groups in total. The fraction of sp³-hybridized carbons (Fsp3) is 0.231. The molecule has 0 aliphatic carbocycles. The zero-order valence-electron chi connectivity index (χ0n) is 17.1. The fourth-order valence-electron chi connectivity index (χ4n) is 3.88. The zero-order chi connectivity index (χ0) is 21.8. The number of hydrogen-bond donors (Lipinski definition) is 4. The number of aliphatic hydroxyl groups excluding tert-OH is 4. The van der Waals surface area contributed by atoms with E-state index in [4.69, 9.17) is 4.74 Å². The van der Waals surface area contributed by atoms with Crippen LogP contribution in [0.25, 0.3) is 21.5 Å². The SMILES string of the molecule is OCC(O)Cc1ccc2ccccc2c1Oc1c(CC(O)CO)ccc2ccccc12. The van der Waals surface area contributed by atoms with E-state index >= 15 is 0 Å². The maximum absolute atomic E-state index is 10.1. The van der Waals surface area contributed by atoms with E-state index < -0.39 is 12.2 Å². The predicted octanol–water partition coefficient (Wildman–Crippen LogP) is 3.58. The van der Waals surface area contributed by atoms with Crippen LogP contribution in [0.1, 0.15) is 11.1 Å². The molecular weight excluding hydrogens is 392 g/mol. The first-order valence-electron chi connectivity index (χ1n) is 10.4. The molecule has 4 aromatic carbocycles. The molecule has 0 saturated carbocycles. The Bertz CT molecular complexity index is 1090. The highest BCUT2D eigenvalue weighted by Crippen LogP contribution is 2.39. The van der Waals surface area contributed by atoms with Crippen LogP contribution in [0.5, 0.6) is 11.5 Å². The molecule has 0 aromatic heterocycles. The molecular formula is C26H26O5. The van der Waals surface area contributed by atoms with Crippen LogP contribution in [-0.2, 0) is 12.8 Å². The van der Waals surface area contributed by atoms with Crippen LogP contribution in [0.15, 0.2) is 72.8 Å². The molecule has 2 atom stereocenters. The molecule has 0 spiro atoms. The van der Waals surface area contributed by atoms with Crippen LogP contribution in [0.3, 0.4) is 0 Å². The molecule has 0 radical (unpaired) electrons. The average Bonchev–Trinajstić information content (AvgIpc) is 2.81. The lowest BCUT2D eigenvalue weighted by atomic mass is 9.99. The van der Waals surface area contributed by atoms with Crippen molar-refractivity contribution in [3.63, 3.8) is 0 Å². The van der Waals surface area contributed by atoms with Gasteiger partial charge in [-0.1, -0.05) is 72.8 Å². The maximum atomic E-state index is 10.1. The van der Waals surface area contributed by atoms with Crippen molar-refractivity contribution in [1.82, 2.24) is 0 Å². The highest BCUT2D eigenvalue weighted by molar-refractivity contribution is 5.93. The Hall–Kier alpha value is -2.96. The summed E-state index contributed by atoms with van der Waals surface area (Å²) in [5.41, 5.74) is 1.56. The number of aliphatic hydroxyl groups is 4. The molecule has 0 fully saturated rings. The van der Waals surface area contributed by atoms with E-state index in [1.807, 2.05) is 72.8 Å². The van der Waals surface area contributed by atoms with Gasteiger partial charge in [-0.15, -0.1) is 0 Å². The Balaban J connectivity index is 1.90. The molecule has 5 nitrogen and oxygen atoms in total. The van der Waals surface area contributed by atoms with Gasteiger partial charge in [0.2, 0.25) is 0 Å². The summed E-state index contributed by atoms with van der Waals surface area (Å²) in [6, 6.07) is 23.4. The van der Waals surface area contributed by atoms with Gasteiger partial charge in [0.25, 0.3) is 0 Å². The van der Waals surface area contributed by atoms with Crippen molar-refractivity contribution in [2.24, 2.45) is 0 Å². The van der Waals surface area contributed by atoms with Crippen molar-refractivity contribution in [3.05, 3.63) is 83.9 Å². The fourth-order valence-corrected chi connectivity index (χ4v) is 3.88. The summed E-state index contributed by atoms with van der Waals surface area (Å²) in [6.45, 7) is -0.678. The van der Waals surface area contributed by atoms with Crippen molar-refractivity contribution in [2.75, 3.05) is 13.2 Å². The van der Waals surface area contributed by atoms with Crippen molar-refractivity contribution in [2.45, 2.75) is 25.0 Å². The molecule has 4 rings (SSSR count). The summed E-state index contributed by atoms with van der Waals surface area (Å²) in [5, 5.41) is 42.7. The molecule has 0 aliphatic heterocycles. The monoisotopic (exact) mass is 418 g/mol. The van der Waals surface area contributed by atoms with E-state index in [1.54, 1.807) is 0 Å². The molecule has 31 heavy (non-hydrogen) atoms. The lowest BCUT2D eigenvalue weighted by Gasteiger charge is -2.20. The first kappa shape index (κ1) is 21.3. The third-order valence-corrected chi connectivity index (χ3v) is 5.46. The predicted molar refractivity (Wildman–Crippen MR) is 122 cm³/mol. The molecule has 4 aromatic rings. The summed E-state index contributed by atoms with van der Waals surface area (Å²) >= 11 is 0. The summed E-state index contributed by atoms with van der Waals surface area (Å²) in [6.07, 6.45) is -1.30. The van der Waals surface area contributed by atoms with Crippen LogP contribution in [0.2, 0.25) is 0 Å². The minimum Gasteiger partial charge on any atom is -0.455 e. The zero-order valence-corrected chi connectivity index (χ0v) is 17.1. The summed E-state index contributed by atoms with van der Waals surface area (Å²) in [4.78, 5) is 0.